The zero-order valence-corrected chi connectivity index (χ0v) is 8.21. The zero-order valence-electron chi connectivity index (χ0n) is 8.21. The summed E-state index contributed by atoms with van der Waals surface area (Å²) in [5, 5.41) is 3.20. The lowest BCUT2D eigenvalue weighted by Crippen LogP contribution is -2.02. The highest BCUT2D eigenvalue weighted by Crippen LogP contribution is 2.13. The van der Waals surface area contributed by atoms with E-state index in [1.54, 1.807) is 6.20 Å². The van der Waals surface area contributed by atoms with Crippen LogP contribution in [0.1, 0.15) is 20.3 Å². The molecule has 72 valence electrons. The third-order valence-electron chi connectivity index (χ3n) is 1.60. The molecule has 0 aliphatic heterocycles. The van der Waals surface area contributed by atoms with E-state index in [0.717, 1.165) is 24.5 Å². The lowest BCUT2D eigenvalue weighted by Gasteiger charge is -2.06. The number of hydrogen-bond donors (Lipinski definition) is 1. The number of anilines is 1. The molecule has 0 unspecified atom stereocenters. The van der Waals surface area contributed by atoms with Gasteiger partial charge >= 0.3 is 0 Å². The smallest absolute Gasteiger partial charge is 0.129 e. The van der Waals surface area contributed by atoms with Crippen LogP contribution in [0.25, 0.3) is 0 Å². The van der Waals surface area contributed by atoms with Gasteiger partial charge in [0, 0.05) is 18.8 Å². The first-order chi connectivity index (χ1) is 6.36. The molecule has 0 aliphatic carbocycles. The topological polar surface area (TPSA) is 34.1 Å². The standard InChI is InChI=1S/C10H16N2O/c1-3-6-11-10-8-9(13-4-2)5-7-12-10/h5,7-8H,3-4,6H2,1-2H3,(H,11,12). The molecule has 3 nitrogen and oxygen atoms in total. The van der Waals surface area contributed by atoms with Crippen LogP contribution in [0.15, 0.2) is 18.3 Å². The summed E-state index contributed by atoms with van der Waals surface area (Å²) in [6.45, 7) is 5.73. The van der Waals surface area contributed by atoms with Gasteiger partial charge in [0.05, 0.1) is 6.61 Å². The fourth-order valence-corrected chi connectivity index (χ4v) is 1.02. The van der Waals surface area contributed by atoms with Crippen LogP contribution in [0, 0.1) is 0 Å². The van der Waals surface area contributed by atoms with Crippen molar-refractivity contribution in [2.45, 2.75) is 20.3 Å². The van der Waals surface area contributed by atoms with Crippen LogP contribution in [0.5, 0.6) is 5.75 Å². The summed E-state index contributed by atoms with van der Waals surface area (Å²) in [5.74, 6) is 1.75. The Morgan fingerprint density at radius 1 is 1.46 bits per heavy atom. The van der Waals surface area contributed by atoms with Gasteiger partial charge in [-0.05, 0) is 19.4 Å². The fourth-order valence-electron chi connectivity index (χ4n) is 1.02. The first-order valence-corrected chi connectivity index (χ1v) is 4.69. The van der Waals surface area contributed by atoms with E-state index in [4.69, 9.17) is 4.74 Å². The van der Waals surface area contributed by atoms with Gasteiger partial charge in [-0.15, -0.1) is 0 Å². The normalized spacial score (nSPS) is 9.69. The maximum Gasteiger partial charge on any atom is 0.129 e. The number of nitrogens with one attached hydrogen (secondary N) is 1. The first-order valence-electron chi connectivity index (χ1n) is 4.69. The molecule has 1 heterocycles. The van der Waals surface area contributed by atoms with Gasteiger partial charge in [0.2, 0.25) is 0 Å². The van der Waals surface area contributed by atoms with Crippen molar-refractivity contribution in [1.82, 2.24) is 4.98 Å². The van der Waals surface area contributed by atoms with E-state index in [1.807, 2.05) is 19.1 Å². The molecule has 13 heavy (non-hydrogen) atoms. The molecule has 0 atom stereocenters. The van der Waals surface area contributed by atoms with Crippen molar-refractivity contribution in [2.24, 2.45) is 0 Å². The van der Waals surface area contributed by atoms with E-state index in [2.05, 4.69) is 17.2 Å². The van der Waals surface area contributed by atoms with E-state index < -0.39 is 0 Å². The number of pyridine rings is 1. The second-order valence-corrected chi connectivity index (χ2v) is 2.74. The van der Waals surface area contributed by atoms with Crippen molar-refractivity contribution in [1.29, 1.82) is 0 Å². The molecule has 0 bridgehead atoms. The fraction of sp³-hybridized carbons (Fsp3) is 0.500. The number of nitrogens with zero attached hydrogens (tertiary/aromatic N) is 1. The lowest BCUT2D eigenvalue weighted by molar-refractivity contribution is 0.340. The molecule has 0 fully saturated rings. The average molecular weight is 180 g/mol. The molecule has 3 heteroatoms. The maximum absolute atomic E-state index is 5.35. The predicted octanol–water partition coefficient (Wildman–Crippen LogP) is 2.30. The summed E-state index contributed by atoms with van der Waals surface area (Å²) >= 11 is 0. The van der Waals surface area contributed by atoms with E-state index in [9.17, 15) is 0 Å². The van der Waals surface area contributed by atoms with Gasteiger partial charge < -0.3 is 10.1 Å². The highest BCUT2D eigenvalue weighted by atomic mass is 16.5. The van der Waals surface area contributed by atoms with Crippen molar-refractivity contribution in [3.63, 3.8) is 0 Å². The van der Waals surface area contributed by atoms with Crippen molar-refractivity contribution in [3.8, 4) is 5.75 Å². The minimum Gasteiger partial charge on any atom is -0.494 e. The molecule has 0 saturated carbocycles. The van der Waals surface area contributed by atoms with E-state index >= 15 is 0 Å². The Kier molecular flexibility index (Phi) is 4.09. The second-order valence-electron chi connectivity index (χ2n) is 2.74. The van der Waals surface area contributed by atoms with Gasteiger partial charge in [0.15, 0.2) is 0 Å². The average Bonchev–Trinajstić information content (AvgIpc) is 2.16. The van der Waals surface area contributed by atoms with Crippen molar-refractivity contribution < 1.29 is 4.74 Å². The summed E-state index contributed by atoms with van der Waals surface area (Å²) in [6.07, 6.45) is 2.85. The Morgan fingerprint density at radius 2 is 2.31 bits per heavy atom. The van der Waals surface area contributed by atoms with Gasteiger partial charge in [-0.2, -0.15) is 0 Å². The van der Waals surface area contributed by atoms with Crippen molar-refractivity contribution in [3.05, 3.63) is 18.3 Å². The maximum atomic E-state index is 5.35. The molecule has 1 aromatic heterocycles. The molecule has 1 rings (SSSR count). The second kappa shape index (κ2) is 5.41. The molecule has 0 aliphatic rings. The quantitative estimate of drug-likeness (QED) is 0.755. The van der Waals surface area contributed by atoms with E-state index in [0.29, 0.717) is 6.61 Å². The third-order valence-corrected chi connectivity index (χ3v) is 1.60. The summed E-state index contributed by atoms with van der Waals surface area (Å²) in [6, 6.07) is 3.78. The molecule has 1 N–H and O–H groups in total. The van der Waals surface area contributed by atoms with Gasteiger partial charge in [0.25, 0.3) is 0 Å². The van der Waals surface area contributed by atoms with Crippen LogP contribution in [0.3, 0.4) is 0 Å². The van der Waals surface area contributed by atoms with Crippen LogP contribution in [0.2, 0.25) is 0 Å². The highest BCUT2D eigenvalue weighted by Gasteiger charge is 1.95. The Labute approximate surface area is 79.1 Å². The number of ether oxygens (including phenoxy) is 1. The van der Waals surface area contributed by atoms with Crippen LogP contribution in [-0.4, -0.2) is 18.1 Å². The van der Waals surface area contributed by atoms with Crippen molar-refractivity contribution in [2.75, 3.05) is 18.5 Å². The first kappa shape index (κ1) is 9.84. The number of rotatable bonds is 5. The van der Waals surface area contributed by atoms with Crippen molar-refractivity contribution >= 4 is 5.82 Å². The van der Waals surface area contributed by atoms with Crippen LogP contribution in [-0.2, 0) is 0 Å². The van der Waals surface area contributed by atoms with Gasteiger partial charge in [-0.3, -0.25) is 0 Å². The largest absolute Gasteiger partial charge is 0.494 e. The van der Waals surface area contributed by atoms with E-state index in [-0.39, 0.29) is 0 Å². The monoisotopic (exact) mass is 180 g/mol. The van der Waals surface area contributed by atoms with Gasteiger partial charge in [-0.25, -0.2) is 4.98 Å². The van der Waals surface area contributed by atoms with Gasteiger partial charge in [-0.1, -0.05) is 6.92 Å². The molecular weight excluding hydrogens is 164 g/mol. The molecule has 0 spiro atoms. The Morgan fingerprint density at radius 3 is 3.00 bits per heavy atom. The zero-order chi connectivity index (χ0) is 9.52. The summed E-state index contributed by atoms with van der Waals surface area (Å²) in [7, 11) is 0. The number of hydrogen-bond acceptors (Lipinski definition) is 3. The molecule has 0 saturated heterocycles. The van der Waals surface area contributed by atoms with Crippen LogP contribution >= 0.6 is 0 Å². The summed E-state index contributed by atoms with van der Waals surface area (Å²) in [5.41, 5.74) is 0. The van der Waals surface area contributed by atoms with Crippen LogP contribution in [0.4, 0.5) is 5.82 Å². The SMILES string of the molecule is CCCNc1cc(OCC)ccn1. The third kappa shape index (κ3) is 3.32. The number of aromatic nitrogens is 1. The lowest BCUT2D eigenvalue weighted by atomic mass is 10.4. The predicted molar refractivity (Wildman–Crippen MR) is 54.2 cm³/mol. The molecular formula is C10H16N2O. The molecule has 0 amide bonds. The molecule has 0 aromatic carbocycles. The Balaban J connectivity index is 2.56. The Hall–Kier alpha value is -1.25. The molecule has 1 aromatic rings. The highest BCUT2D eigenvalue weighted by molar-refractivity contribution is 5.40. The summed E-state index contributed by atoms with van der Waals surface area (Å²) < 4.78 is 5.35. The van der Waals surface area contributed by atoms with Gasteiger partial charge in [0.1, 0.15) is 11.6 Å². The Bertz CT molecular complexity index is 250. The summed E-state index contributed by atoms with van der Waals surface area (Å²) in [4.78, 5) is 4.17. The minimum atomic E-state index is 0.692. The molecule has 0 radical (unpaired) electrons. The van der Waals surface area contributed by atoms with Crippen LogP contribution < -0.4 is 10.1 Å². The minimum absolute atomic E-state index is 0.692. The van der Waals surface area contributed by atoms with E-state index in [1.165, 1.54) is 0 Å².